The monoisotopic (exact) mass is 525 g/mol. The Balaban J connectivity index is 1.53. The number of nitrogens with zero attached hydrogens (tertiary/aromatic N) is 2. The van der Waals surface area contributed by atoms with Crippen molar-refractivity contribution in [2.24, 2.45) is 0 Å². The van der Waals surface area contributed by atoms with Crippen LogP contribution in [0.5, 0.6) is 11.5 Å². The smallest absolute Gasteiger partial charge is 0.266 e. The molecular weight excluding hydrogens is 498 g/mol. The predicted molar refractivity (Wildman–Crippen MR) is 154 cm³/mol. The molecular formula is C30H27N3O4S. The molecule has 0 aliphatic heterocycles. The van der Waals surface area contributed by atoms with Crippen LogP contribution in [-0.4, -0.2) is 28.3 Å². The number of thioether (sulfide) groups is 1. The van der Waals surface area contributed by atoms with Gasteiger partial charge in [-0.15, -0.1) is 0 Å². The van der Waals surface area contributed by atoms with Gasteiger partial charge in [0.25, 0.3) is 5.56 Å². The number of carbonyl (C=O) groups excluding carboxylic acids is 1. The van der Waals surface area contributed by atoms with Crippen molar-refractivity contribution in [2.75, 3.05) is 18.2 Å². The van der Waals surface area contributed by atoms with Crippen LogP contribution >= 0.6 is 11.8 Å². The van der Waals surface area contributed by atoms with Crippen molar-refractivity contribution in [1.82, 2.24) is 9.55 Å². The molecule has 7 nitrogen and oxygen atoms in total. The third-order valence-corrected chi connectivity index (χ3v) is 6.41. The van der Waals surface area contributed by atoms with Gasteiger partial charge >= 0.3 is 0 Å². The Labute approximate surface area is 225 Å². The number of ether oxygens (including phenoxy) is 2. The van der Waals surface area contributed by atoms with Gasteiger partial charge < -0.3 is 14.8 Å². The molecule has 0 aliphatic carbocycles. The van der Waals surface area contributed by atoms with Crippen molar-refractivity contribution < 1.29 is 14.3 Å². The zero-order chi connectivity index (χ0) is 26.9. The van der Waals surface area contributed by atoms with Crippen LogP contribution in [-0.2, 0) is 9.53 Å². The maximum atomic E-state index is 13.4. The first-order valence-electron chi connectivity index (χ1n) is 11.8. The minimum absolute atomic E-state index is 0.0460. The molecule has 8 heteroatoms. The summed E-state index contributed by atoms with van der Waals surface area (Å²) in [5.41, 5.74) is 1.45. The van der Waals surface area contributed by atoms with E-state index in [2.05, 4.69) is 16.9 Å². The van der Waals surface area contributed by atoms with Gasteiger partial charge in [-0.1, -0.05) is 48.7 Å². The number of benzene rings is 3. The standard InChI is InChI=1S/C30H27N3O4S/c1-4-23(17-14-21(2)36-3)33-29(35)26-12-8-9-13-27(26)32-30(33)38-20-28(34)31-22-15-18-25(19-16-22)37-24-10-6-5-7-11-24/h4-19H,1,20H2,2-3H3,(H,31,34). The number of carbonyl (C=O) groups is 1. The van der Waals surface area contributed by atoms with E-state index in [9.17, 15) is 9.59 Å². The molecule has 3 aromatic carbocycles. The molecule has 4 aromatic rings. The lowest BCUT2D eigenvalue weighted by Gasteiger charge is -2.14. The van der Waals surface area contributed by atoms with Crippen molar-refractivity contribution in [3.63, 3.8) is 0 Å². The van der Waals surface area contributed by atoms with Gasteiger partial charge in [0.2, 0.25) is 5.91 Å². The molecule has 0 saturated heterocycles. The van der Waals surface area contributed by atoms with Crippen LogP contribution in [0.3, 0.4) is 0 Å². The maximum Gasteiger partial charge on any atom is 0.266 e. The third kappa shape index (κ3) is 6.60. The van der Waals surface area contributed by atoms with Gasteiger partial charge in [0, 0.05) is 5.69 Å². The van der Waals surface area contributed by atoms with E-state index >= 15 is 0 Å². The van der Waals surface area contributed by atoms with Crippen LogP contribution < -0.4 is 15.6 Å². The fourth-order valence-corrected chi connectivity index (χ4v) is 4.31. The Bertz CT molecular complexity index is 1560. The highest BCUT2D eigenvalue weighted by Crippen LogP contribution is 2.24. The van der Waals surface area contributed by atoms with Crippen molar-refractivity contribution in [3.8, 4) is 11.5 Å². The number of amides is 1. The second-order valence-electron chi connectivity index (χ2n) is 8.11. The normalized spacial score (nSPS) is 11.7. The van der Waals surface area contributed by atoms with Crippen molar-refractivity contribution in [3.05, 3.63) is 120 Å². The van der Waals surface area contributed by atoms with E-state index < -0.39 is 0 Å². The van der Waals surface area contributed by atoms with Gasteiger partial charge in [-0.25, -0.2) is 4.98 Å². The number of hydrogen-bond acceptors (Lipinski definition) is 6. The molecule has 1 N–H and O–H groups in total. The quantitative estimate of drug-likeness (QED) is 0.110. The SMILES string of the molecule is C=CC(=CC=C(C)OC)n1c(SCC(=O)Nc2ccc(Oc3ccccc3)cc2)nc2ccccc2c1=O. The number of methoxy groups -OCH3 is 1. The van der Waals surface area contributed by atoms with Crippen LogP contribution in [0, 0.1) is 0 Å². The fraction of sp³-hybridized carbons (Fsp3) is 0.100. The summed E-state index contributed by atoms with van der Waals surface area (Å²) in [5.74, 6) is 1.87. The van der Waals surface area contributed by atoms with E-state index in [0.29, 0.717) is 39.0 Å². The highest BCUT2D eigenvalue weighted by atomic mass is 32.2. The molecule has 1 amide bonds. The minimum Gasteiger partial charge on any atom is -0.501 e. The molecule has 0 radical (unpaired) electrons. The fourth-order valence-electron chi connectivity index (χ4n) is 3.50. The van der Waals surface area contributed by atoms with Gasteiger partial charge in [0.1, 0.15) is 11.5 Å². The molecule has 1 aromatic heterocycles. The van der Waals surface area contributed by atoms with Crippen LogP contribution in [0.25, 0.3) is 16.6 Å². The summed E-state index contributed by atoms with van der Waals surface area (Å²) < 4.78 is 12.5. The topological polar surface area (TPSA) is 82.4 Å². The molecule has 38 heavy (non-hydrogen) atoms. The number of aromatic nitrogens is 2. The first-order chi connectivity index (χ1) is 18.5. The van der Waals surface area contributed by atoms with Gasteiger partial charge in [-0.3, -0.25) is 14.2 Å². The Morgan fingerprint density at radius 3 is 2.39 bits per heavy atom. The van der Waals surface area contributed by atoms with Crippen LogP contribution in [0.2, 0.25) is 0 Å². The van der Waals surface area contributed by atoms with Crippen LogP contribution in [0.15, 0.2) is 119 Å². The molecule has 1 heterocycles. The van der Waals surface area contributed by atoms with E-state index in [1.54, 1.807) is 74.7 Å². The number of allylic oxidation sites excluding steroid dienone is 5. The lowest BCUT2D eigenvalue weighted by Crippen LogP contribution is -2.23. The first kappa shape index (κ1) is 26.5. The van der Waals surface area contributed by atoms with E-state index in [4.69, 9.17) is 9.47 Å². The second kappa shape index (κ2) is 12.6. The lowest BCUT2D eigenvalue weighted by molar-refractivity contribution is -0.113. The van der Waals surface area contributed by atoms with Crippen LogP contribution in [0.4, 0.5) is 5.69 Å². The number of rotatable bonds is 10. The Morgan fingerprint density at radius 1 is 1.00 bits per heavy atom. The van der Waals surface area contributed by atoms with Gasteiger partial charge in [-0.2, -0.15) is 0 Å². The second-order valence-corrected chi connectivity index (χ2v) is 9.05. The number of para-hydroxylation sites is 2. The molecule has 0 unspecified atom stereocenters. The Morgan fingerprint density at radius 2 is 1.68 bits per heavy atom. The average Bonchev–Trinajstić information content (AvgIpc) is 2.94. The van der Waals surface area contributed by atoms with E-state index in [0.717, 1.165) is 5.75 Å². The summed E-state index contributed by atoms with van der Waals surface area (Å²) in [4.78, 5) is 30.9. The summed E-state index contributed by atoms with van der Waals surface area (Å²) in [6.45, 7) is 5.67. The lowest BCUT2D eigenvalue weighted by atomic mass is 10.2. The summed E-state index contributed by atoms with van der Waals surface area (Å²) >= 11 is 1.17. The largest absolute Gasteiger partial charge is 0.501 e. The summed E-state index contributed by atoms with van der Waals surface area (Å²) in [5, 5.41) is 3.73. The highest BCUT2D eigenvalue weighted by Gasteiger charge is 2.15. The Kier molecular flexibility index (Phi) is 8.79. The molecule has 0 aliphatic rings. The van der Waals surface area contributed by atoms with Crippen molar-refractivity contribution in [1.29, 1.82) is 0 Å². The van der Waals surface area contributed by atoms with E-state index in [-0.39, 0.29) is 17.2 Å². The number of fused-ring (bicyclic) bond motifs is 1. The molecule has 0 bridgehead atoms. The van der Waals surface area contributed by atoms with Gasteiger partial charge in [0.15, 0.2) is 5.16 Å². The van der Waals surface area contributed by atoms with Gasteiger partial charge in [-0.05, 0) is 73.7 Å². The third-order valence-electron chi connectivity index (χ3n) is 5.47. The van der Waals surface area contributed by atoms with Crippen LogP contribution in [0.1, 0.15) is 6.92 Å². The minimum atomic E-state index is -0.248. The van der Waals surface area contributed by atoms with E-state index in [1.807, 2.05) is 36.4 Å². The molecule has 0 fully saturated rings. The zero-order valence-corrected chi connectivity index (χ0v) is 21.9. The molecule has 0 saturated carbocycles. The van der Waals surface area contributed by atoms with E-state index in [1.165, 1.54) is 16.3 Å². The summed E-state index contributed by atoms with van der Waals surface area (Å²) in [6.07, 6.45) is 5.04. The summed E-state index contributed by atoms with van der Waals surface area (Å²) in [7, 11) is 1.57. The number of hydrogen-bond donors (Lipinski definition) is 1. The zero-order valence-electron chi connectivity index (χ0n) is 21.1. The molecule has 4 rings (SSSR count). The van der Waals surface area contributed by atoms with Gasteiger partial charge in [0.05, 0.1) is 35.2 Å². The number of nitrogens with one attached hydrogen (secondary N) is 1. The van der Waals surface area contributed by atoms with Crippen molar-refractivity contribution >= 4 is 40.0 Å². The predicted octanol–water partition coefficient (Wildman–Crippen LogP) is 6.50. The highest BCUT2D eigenvalue weighted by molar-refractivity contribution is 7.99. The summed E-state index contributed by atoms with van der Waals surface area (Å²) in [6, 6.07) is 23.7. The Hall–Kier alpha value is -4.56. The maximum absolute atomic E-state index is 13.4. The molecule has 192 valence electrons. The molecule has 0 atom stereocenters. The average molecular weight is 526 g/mol. The first-order valence-corrected chi connectivity index (χ1v) is 12.8. The molecule has 0 spiro atoms. The van der Waals surface area contributed by atoms with Crippen molar-refractivity contribution in [2.45, 2.75) is 12.1 Å². The number of anilines is 1.